The summed E-state index contributed by atoms with van der Waals surface area (Å²) in [6.07, 6.45) is 5.25. The van der Waals surface area contributed by atoms with E-state index in [1.807, 2.05) is 12.1 Å². The fourth-order valence-corrected chi connectivity index (χ4v) is 2.20. The van der Waals surface area contributed by atoms with Gasteiger partial charge in [-0.05, 0) is 49.9 Å². The van der Waals surface area contributed by atoms with Crippen LogP contribution in [0.3, 0.4) is 0 Å². The predicted molar refractivity (Wildman–Crippen MR) is 68.0 cm³/mol. The molecule has 2 rings (SSSR count). The van der Waals surface area contributed by atoms with Gasteiger partial charge in [0.25, 0.3) is 0 Å². The van der Waals surface area contributed by atoms with Crippen LogP contribution in [0.1, 0.15) is 31.2 Å². The molecule has 0 spiro atoms. The first-order valence-electron chi connectivity index (χ1n) is 6.45. The Kier molecular flexibility index (Phi) is 4.83. The van der Waals surface area contributed by atoms with Gasteiger partial charge in [0, 0.05) is 13.2 Å². The van der Waals surface area contributed by atoms with Crippen LogP contribution >= 0.6 is 0 Å². The van der Waals surface area contributed by atoms with E-state index in [2.05, 4.69) is 5.32 Å². The van der Waals surface area contributed by atoms with Crippen LogP contribution < -0.4 is 5.32 Å². The van der Waals surface area contributed by atoms with Crippen molar-refractivity contribution in [3.05, 3.63) is 29.8 Å². The molecule has 1 aliphatic heterocycles. The van der Waals surface area contributed by atoms with Gasteiger partial charge < -0.3 is 15.2 Å². The van der Waals surface area contributed by atoms with Crippen molar-refractivity contribution in [2.24, 2.45) is 0 Å². The second-order valence-corrected chi connectivity index (χ2v) is 4.62. The lowest BCUT2D eigenvalue weighted by atomic mass is 10.1. The minimum atomic E-state index is 0.333. The molecule has 0 saturated carbocycles. The lowest BCUT2D eigenvalue weighted by molar-refractivity contribution is 0.0115. The lowest BCUT2D eigenvalue weighted by Gasteiger charge is -2.22. The zero-order valence-corrected chi connectivity index (χ0v) is 10.2. The molecule has 1 aromatic rings. The zero-order valence-electron chi connectivity index (χ0n) is 10.2. The molecule has 94 valence electrons. The Bertz CT molecular complexity index is 335. The number of phenolic OH excluding ortho intramolecular Hbond substituents is 1. The van der Waals surface area contributed by atoms with Crippen molar-refractivity contribution in [3.63, 3.8) is 0 Å². The van der Waals surface area contributed by atoms with Crippen LogP contribution in [0.5, 0.6) is 5.75 Å². The maximum absolute atomic E-state index is 9.33. The van der Waals surface area contributed by atoms with E-state index in [-0.39, 0.29) is 0 Å². The molecule has 1 aliphatic rings. The van der Waals surface area contributed by atoms with Gasteiger partial charge in [0.15, 0.2) is 0 Å². The normalized spacial score (nSPS) is 20.4. The Hall–Kier alpha value is -1.06. The first-order valence-corrected chi connectivity index (χ1v) is 6.45. The Labute approximate surface area is 103 Å². The van der Waals surface area contributed by atoms with Gasteiger partial charge in [-0.2, -0.15) is 0 Å². The maximum atomic E-state index is 9.33. The molecule has 0 aliphatic carbocycles. The molecule has 1 fully saturated rings. The van der Waals surface area contributed by atoms with E-state index >= 15 is 0 Å². The van der Waals surface area contributed by atoms with Gasteiger partial charge in [0.2, 0.25) is 0 Å². The van der Waals surface area contributed by atoms with E-state index in [0.717, 1.165) is 31.7 Å². The lowest BCUT2D eigenvalue weighted by Crippen LogP contribution is -2.25. The highest BCUT2D eigenvalue weighted by Gasteiger charge is 2.12. The standard InChI is InChI=1S/C14H21NO2/c16-13-5-3-4-12(10-13)11-15-8-7-14-6-1-2-9-17-14/h3-5,10,14-16H,1-2,6-9,11H2. The first-order chi connectivity index (χ1) is 8.34. The van der Waals surface area contributed by atoms with Crippen molar-refractivity contribution >= 4 is 0 Å². The average Bonchev–Trinajstić information content (AvgIpc) is 2.36. The first kappa shape index (κ1) is 12.4. The number of hydrogen-bond donors (Lipinski definition) is 2. The zero-order chi connectivity index (χ0) is 11.9. The third-order valence-corrected chi connectivity index (χ3v) is 3.16. The van der Waals surface area contributed by atoms with Crippen molar-refractivity contribution in [1.82, 2.24) is 5.32 Å². The molecule has 1 aromatic carbocycles. The Balaban J connectivity index is 1.62. The highest BCUT2D eigenvalue weighted by atomic mass is 16.5. The average molecular weight is 235 g/mol. The van der Waals surface area contributed by atoms with Gasteiger partial charge in [-0.3, -0.25) is 0 Å². The number of hydrogen-bond acceptors (Lipinski definition) is 3. The van der Waals surface area contributed by atoms with E-state index in [9.17, 15) is 5.11 Å². The molecule has 1 unspecified atom stereocenters. The van der Waals surface area contributed by atoms with E-state index in [1.54, 1.807) is 12.1 Å². The van der Waals surface area contributed by atoms with E-state index in [4.69, 9.17) is 4.74 Å². The van der Waals surface area contributed by atoms with Crippen molar-refractivity contribution in [1.29, 1.82) is 0 Å². The monoisotopic (exact) mass is 235 g/mol. The van der Waals surface area contributed by atoms with E-state index < -0.39 is 0 Å². The fourth-order valence-electron chi connectivity index (χ4n) is 2.20. The van der Waals surface area contributed by atoms with Crippen LogP contribution in [-0.4, -0.2) is 24.4 Å². The fraction of sp³-hybridized carbons (Fsp3) is 0.571. The number of benzene rings is 1. The molecule has 1 heterocycles. The van der Waals surface area contributed by atoms with Gasteiger partial charge >= 0.3 is 0 Å². The van der Waals surface area contributed by atoms with Gasteiger partial charge in [0.05, 0.1) is 6.10 Å². The summed E-state index contributed by atoms with van der Waals surface area (Å²) < 4.78 is 5.67. The summed E-state index contributed by atoms with van der Waals surface area (Å²) in [5, 5.41) is 12.7. The number of nitrogens with one attached hydrogen (secondary N) is 1. The molecule has 2 N–H and O–H groups in total. The van der Waals surface area contributed by atoms with Crippen LogP contribution in [0.15, 0.2) is 24.3 Å². The molecule has 0 aromatic heterocycles. The predicted octanol–water partition coefficient (Wildman–Crippen LogP) is 2.44. The van der Waals surface area contributed by atoms with Gasteiger partial charge in [-0.15, -0.1) is 0 Å². The van der Waals surface area contributed by atoms with E-state index in [0.29, 0.717) is 11.9 Å². The summed E-state index contributed by atoms with van der Waals surface area (Å²) in [6, 6.07) is 7.38. The summed E-state index contributed by atoms with van der Waals surface area (Å²) in [4.78, 5) is 0. The van der Waals surface area contributed by atoms with Crippen LogP contribution in [0.4, 0.5) is 0 Å². The van der Waals surface area contributed by atoms with Crippen LogP contribution in [-0.2, 0) is 11.3 Å². The molecule has 1 saturated heterocycles. The minimum absolute atomic E-state index is 0.333. The highest BCUT2D eigenvalue weighted by Crippen LogP contribution is 2.15. The molecule has 17 heavy (non-hydrogen) atoms. The SMILES string of the molecule is Oc1cccc(CNCCC2CCCCO2)c1. The van der Waals surface area contributed by atoms with Crippen LogP contribution in [0.2, 0.25) is 0 Å². The summed E-state index contributed by atoms with van der Waals surface area (Å²) in [5.74, 6) is 0.333. The Morgan fingerprint density at radius 3 is 3.06 bits per heavy atom. The molecular formula is C14H21NO2. The third kappa shape index (κ3) is 4.36. The van der Waals surface area contributed by atoms with Gasteiger partial charge in [-0.25, -0.2) is 0 Å². The maximum Gasteiger partial charge on any atom is 0.115 e. The summed E-state index contributed by atoms with van der Waals surface area (Å²) >= 11 is 0. The van der Waals surface area contributed by atoms with Crippen molar-refractivity contribution < 1.29 is 9.84 Å². The second-order valence-electron chi connectivity index (χ2n) is 4.62. The summed E-state index contributed by atoms with van der Waals surface area (Å²) in [6.45, 7) is 2.71. The highest BCUT2D eigenvalue weighted by molar-refractivity contribution is 5.26. The number of phenols is 1. The molecule has 0 amide bonds. The second kappa shape index (κ2) is 6.62. The topological polar surface area (TPSA) is 41.5 Å². The molecule has 3 nitrogen and oxygen atoms in total. The van der Waals surface area contributed by atoms with Crippen LogP contribution in [0.25, 0.3) is 0 Å². The van der Waals surface area contributed by atoms with Gasteiger partial charge in [-0.1, -0.05) is 12.1 Å². The number of rotatable bonds is 5. The summed E-state index contributed by atoms with van der Waals surface area (Å²) in [7, 11) is 0. The number of ether oxygens (including phenoxy) is 1. The quantitative estimate of drug-likeness (QED) is 0.770. The molecule has 0 radical (unpaired) electrons. The molecule has 1 atom stereocenters. The number of aromatic hydroxyl groups is 1. The third-order valence-electron chi connectivity index (χ3n) is 3.16. The van der Waals surface area contributed by atoms with Crippen LogP contribution in [0, 0.1) is 0 Å². The molecular weight excluding hydrogens is 214 g/mol. The minimum Gasteiger partial charge on any atom is -0.508 e. The van der Waals surface area contributed by atoms with Crippen molar-refractivity contribution in [3.8, 4) is 5.75 Å². The van der Waals surface area contributed by atoms with E-state index in [1.165, 1.54) is 19.3 Å². The molecule has 3 heteroatoms. The van der Waals surface area contributed by atoms with Crippen molar-refractivity contribution in [2.45, 2.75) is 38.3 Å². The Morgan fingerprint density at radius 2 is 2.29 bits per heavy atom. The largest absolute Gasteiger partial charge is 0.508 e. The molecule has 0 bridgehead atoms. The van der Waals surface area contributed by atoms with Crippen molar-refractivity contribution in [2.75, 3.05) is 13.2 Å². The summed E-state index contributed by atoms with van der Waals surface area (Å²) in [5.41, 5.74) is 1.12. The Morgan fingerprint density at radius 1 is 1.35 bits per heavy atom. The van der Waals surface area contributed by atoms with Gasteiger partial charge in [0.1, 0.15) is 5.75 Å². The smallest absolute Gasteiger partial charge is 0.115 e.